The molecule has 1 unspecified atom stereocenters. The summed E-state index contributed by atoms with van der Waals surface area (Å²) in [6, 6.07) is 6.05. The Morgan fingerprint density at radius 1 is 1.35 bits per heavy atom. The number of hydrogen-bond acceptors (Lipinski definition) is 6. The minimum atomic E-state index is 0.578. The molecule has 2 N–H and O–H groups in total. The Morgan fingerprint density at radius 2 is 2.30 bits per heavy atom. The van der Waals surface area contributed by atoms with Gasteiger partial charge >= 0.3 is 0 Å². The zero-order chi connectivity index (χ0) is 15.6. The van der Waals surface area contributed by atoms with Crippen molar-refractivity contribution >= 4 is 22.7 Å². The number of nitrogens with zero attached hydrogens (tertiary/aromatic N) is 5. The first-order chi connectivity index (χ1) is 11.3. The van der Waals surface area contributed by atoms with Gasteiger partial charge in [0.2, 0.25) is 0 Å². The highest BCUT2D eigenvalue weighted by atomic mass is 15.2. The van der Waals surface area contributed by atoms with Crippen LogP contribution in [0.1, 0.15) is 12.1 Å². The summed E-state index contributed by atoms with van der Waals surface area (Å²) in [5, 5.41) is 11.4. The maximum Gasteiger partial charge on any atom is 0.160 e. The van der Waals surface area contributed by atoms with Gasteiger partial charge in [0.1, 0.15) is 18.0 Å². The number of rotatable bonds is 4. The van der Waals surface area contributed by atoms with E-state index in [-0.39, 0.29) is 0 Å². The Labute approximate surface area is 134 Å². The summed E-state index contributed by atoms with van der Waals surface area (Å²) in [5.74, 6) is 2.50. The van der Waals surface area contributed by atoms with Gasteiger partial charge in [-0.15, -0.1) is 0 Å². The van der Waals surface area contributed by atoms with E-state index in [0.29, 0.717) is 5.92 Å². The summed E-state index contributed by atoms with van der Waals surface area (Å²) >= 11 is 0. The lowest BCUT2D eigenvalue weighted by molar-refractivity contribution is 0.621. The van der Waals surface area contributed by atoms with Crippen molar-refractivity contribution in [3.8, 4) is 0 Å². The monoisotopic (exact) mass is 309 g/mol. The van der Waals surface area contributed by atoms with Crippen LogP contribution < -0.4 is 10.2 Å². The molecule has 7 nitrogen and oxygen atoms in total. The lowest BCUT2D eigenvalue weighted by atomic mass is 10.1. The Morgan fingerprint density at radius 3 is 3.22 bits per heavy atom. The van der Waals surface area contributed by atoms with E-state index in [1.54, 1.807) is 12.5 Å². The van der Waals surface area contributed by atoms with Gasteiger partial charge in [-0.2, -0.15) is 5.10 Å². The summed E-state index contributed by atoms with van der Waals surface area (Å²) in [6.07, 6.45) is 4.53. The molecule has 0 amide bonds. The number of aromatic nitrogens is 5. The summed E-state index contributed by atoms with van der Waals surface area (Å²) in [7, 11) is 0. The fraction of sp³-hybridized carbons (Fsp3) is 0.375. The number of pyridine rings is 1. The molecule has 3 aromatic rings. The van der Waals surface area contributed by atoms with Crippen LogP contribution in [0.5, 0.6) is 0 Å². The highest BCUT2D eigenvalue weighted by Crippen LogP contribution is 2.27. The molecule has 4 heterocycles. The van der Waals surface area contributed by atoms with E-state index in [0.717, 1.165) is 54.4 Å². The van der Waals surface area contributed by atoms with Gasteiger partial charge < -0.3 is 10.2 Å². The van der Waals surface area contributed by atoms with Gasteiger partial charge in [0.25, 0.3) is 0 Å². The van der Waals surface area contributed by atoms with E-state index in [4.69, 9.17) is 0 Å². The average Bonchev–Trinajstić information content (AvgIpc) is 3.22. The first-order valence-electron chi connectivity index (χ1n) is 7.86. The molecule has 23 heavy (non-hydrogen) atoms. The van der Waals surface area contributed by atoms with Crippen molar-refractivity contribution in [1.29, 1.82) is 0 Å². The topological polar surface area (TPSA) is 82.6 Å². The van der Waals surface area contributed by atoms with Crippen molar-refractivity contribution in [2.24, 2.45) is 5.92 Å². The van der Waals surface area contributed by atoms with Gasteiger partial charge in [-0.05, 0) is 31.4 Å². The highest BCUT2D eigenvalue weighted by Gasteiger charge is 2.25. The molecule has 0 aliphatic carbocycles. The van der Waals surface area contributed by atoms with Gasteiger partial charge in [-0.3, -0.25) is 5.10 Å². The lowest BCUT2D eigenvalue weighted by Crippen LogP contribution is -2.23. The number of aromatic amines is 1. The molecule has 0 saturated carbocycles. The molecule has 1 fully saturated rings. The van der Waals surface area contributed by atoms with Crippen molar-refractivity contribution in [2.75, 3.05) is 29.9 Å². The van der Waals surface area contributed by atoms with Crippen LogP contribution in [0.2, 0.25) is 0 Å². The molecule has 0 spiro atoms. The van der Waals surface area contributed by atoms with E-state index in [1.165, 1.54) is 0 Å². The third-order valence-electron chi connectivity index (χ3n) is 4.27. The van der Waals surface area contributed by atoms with Crippen LogP contribution in [0.25, 0.3) is 11.0 Å². The molecule has 1 aliphatic heterocycles. The van der Waals surface area contributed by atoms with Crippen LogP contribution >= 0.6 is 0 Å². The van der Waals surface area contributed by atoms with E-state index in [1.807, 2.05) is 25.1 Å². The number of fused-ring (bicyclic) bond motifs is 1. The summed E-state index contributed by atoms with van der Waals surface area (Å²) in [6.45, 7) is 4.92. The molecule has 1 saturated heterocycles. The van der Waals surface area contributed by atoms with E-state index >= 15 is 0 Å². The molecule has 1 atom stereocenters. The van der Waals surface area contributed by atoms with Crippen molar-refractivity contribution in [3.05, 3.63) is 36.4 Å². The van der Waals surface area contributed by atoms with Crippen molar-refractivity contribution in [3.63, 3.8) is 0 Å². The molecule has 0 radical (unpaired) electrons. The molecule has 118 valence electrons. The van der Waals surface area contributed by atoms with Crippen molar-refractivity contribution in [2.45, 2.75) is 13.3 Å². The zero-order valence-electron chi connectivity index (χ0n) is 13.0. The second-order valence-electron chi connectivity index (χ2n) is 5.98. The van der Waals surface area contributed by atoms with Crippen LogP contribution in [0, 0.1) is 12.8 Å². The van der Waals surface area contributed by atoms with Crippen LogP contribution in [-0.2, 0) is 0 Å². The molecule has 1 aliphatic rings. The first-order valence-corrected chi connectivity index (χ1v) is 7.86. The van der Waals surface area contributed by atoms with Crippen LogP contribution in [0.15, 0.2) is 30.7 Å². The average molecular weight is 309 g/mol. The van der Waals surface area contributed by atoms with Crippen molar-refractivity contribution in [1.82, 2.24) is 25.1 Å². The third kappa shape index (κ3) is 2.81. The maximum atomic E-state index is 4.49. The van der Waals surface area contributed by atoms with Gasteiger partial charge in [0.05, 0.1) is 11.6 Å². The third-order valence-corrected chi connectivity index (χ3v) is 4.27. The predicted molar refractivity (Wildman–Crippen MR) is 89.5 cm³/mol. The van der Waals surface area contributed by atoms with Gasteiger partial charge in [-0.1, -0.05) is 6.07 Å². The second-order valence-corrected chi connectivity index (χ2v) is 5.98. The summed E-state index contributed by atoms with van der Waals surface area (Å²) in [5.41, 5.74) is 1.83. The lowest BCUT2D eigenvalue weighted by Gasteiger charge is -2.18. The molecule has 0 bridgehead atoms. The number of hydrogen-bond donors (Lipinski definition) is 2. The van der Waals surface area contributed by atoms with Crippen LogP contribution in [0.3, 0.4) is 0 Å². The maximum absolute atomic E-state index is 4.49. The minimum absolute atomic E-state index is 0.578. The summed E-state index contributed by atoms with van der Waals surface area (Å²) in [4.78, 5) is 15.5. The quantitative estimate of drug-likeness (QED) is 0.767. The molecule has 0 aromatic carbocycles. The van der Waals surface area contributed by atoms with Crippen molar-refractivity contribution < 1.29 is 0 Å². The molecular weight excluding hydrogens is 290 g/mol. The smallest absolute Gasteiger partial charge is 0.160 e. The molecule has 3 aromatic heterocycles. The van der Waals surface area contributed by atoms with Gasteiger partial charge in [0.15, 0.2) is 5.65 Å². The standard InChI is InChI=1S/C16H19N7/c1-11-3-2-4-14(21-11)17-7-12-5-6-23(9-12)16-13-8-20-22-15(13)18-10-19-16/h2-4,8,10,12H,5-7,9H2,1H3,(H,17,21)(H,18,19,20,22). The summed E-state index contributed by atoms with van der Waals surface area (Å²) < 4.78 is 0. The SMILES string of the molecule is Cc1cccc(NCC2CCN(c3ncnc4[nH]ncc34)C2)n1. The van der Waals surface area contributed by atoms with E-state index < -0.39 is 0 Å². The van der Waals surface area contributed by atoms with E-state index in [2.05, 4.69) is 35.4 Å². The number of anilines is 2. The van der Waals surface area contributed by atoms with Gasteiger partial charge in [0, 0.05) is 25.3 Å². The minimum Gasteiger partial charge on any atom is -0.370 e. The Hall–Kier alpha value is -2.70. The fourth-order valence-electron chi connectivity index (χ4n) is 3.09. The van der Waals surface area contributed by atoms with Crippen LogP contribution in [0.4, 0.5) is 11.6 Å². The Kier molecular flexibility index (Phi) is 3.53. The number of aryl methyl sites for hydroxylation is 1. The normalized spacial score (nSPS) is 17.8. The first kappa shape index (κ1) is 13.9. The van der Waals surface area contributed by atoms with Gasteiger partial charge in [-0.25, -0.2) is 15.0 Å². The van der Waals surface area contributed by atoms with Crippen LogP contribution in [-0.4, -0.2) is 44.8 Å². The molecule has 4 rings (SSSR count). The number of H-pyrrole nitrogens is 1. The highest BCUT2D eigenvalue weighted by molar-refractivity contribution is 5.86. The second kappa shape index (κ2) is 5.83. The molecule has 7 heteroatoms. The Bertz CT molecular complexity index is 813. The fourth-order valence-corrected chi connectivity index (χ4v) is 3.09. The largest absolute Gasteiger partial charge is 0.370 e. The van der Waals surface area contributed by atoms with E-state index in [9.17, 15) is 0 Å². The number of nitrogens with one attached hydrogen (secondary N) is 2. The zero-order valence-corrected chi connectivity index (χ0v) is 13.0. The Balaban J connectivity index is 1.42. The predicted octanol–water partition coefficient (Wildman–Crippen LogP) is 1.99. The molecular formula is C16H19N7.